The highest BCUT2D eigenvalue weighted by Crippen LogP contribution is 2.11. The molecule has 0 radical (unpaired) electrons. The third-order valence-electron chi connectivity index (χ3n) is 2.99. The van der Waals surface area contributed by atoms with Gasteiger partial charge < -0.3 is 20.9 Å². The molecule has 3 amide bonds. The van der Waals surface area contributed by atoms with E-state index in [0.29, 0.717) is 13.1 Å². The molecule has 1 heterocycles. The fourth-order valence-corrected chi connectivity index (χ4v) is 1.91. The fraction of sp³-hybridized carbons (Fsp3) is 0.385. The molecule has 0 bridgehead atoms. The molecule has 3 N–H and O–H groups in total. The zero-order valence-corrected chi connectivity index (χ0v) is 11.0. The second-order valence-corrected chi connectivity index (χ2v) is 4.42. The standard InChI is InChI=1S/C13H17FN4O2/c14-10-3-1-2-4-11(10)17-13(20)16-9-12(19)18-7-5-15-6-8-18/h1-4,15H,5-9H2,(H2,16,17,20). The Bertz CT molecular complexity index is 489. The normalized spacial score (nSPS) is 14.8. The van der Waals surface area contributed by atoms with E-state index < -0.39 is 11.8 Å². The van der Waals surface area contributed by atoms with Crippen molar-refractivity contribution in [1.29, 1.82) is 0 Å². The van der Waals surface area contributed by atoms with E-state index in [9.17, 15) is 14.0 Å². The van der Waals surface area contributed by atoms with E-state index in [1.165, 1.54) is 18.2 Å². The smallest absolute Gasteiger partial charge is 0.319 e. The highest BCUT2D eigenvalue weighted by Gasteiger charge is 2.16. The molecule has 1 aromatic rings. The van der Waals surface area contributed by atoms with Crippen molar-refractivity contribution in [2.45, 2.75) is 0 Å². The minimum atomic E-state index is -0.599. The van der Waals surface area contributed by atoms with Crippen molar-refractivity contribution in [2.75, 3.05) is 38.0 Å². The summed E-state index contributed by atoms with van der Waals surface area (Å²) in [4.78, 5) is 25.1. The molecule has 7 heteroatoms. The first-order chi connectivity index (χ1) is 9.66. The predicted octanol–water partition coefficient (Wildman–Crippen LogP) is 0.379. The Morgan fingerprint density at radius 1 is 1.25 bits per heavy atom. The summed E-state index contributed by atoms with van der Waals surface area (Å²) in [6, 6.07) is 5.25. The van der Waals surface area contributed by atoms with Crippen LogP contribution < -0.4 is 16.0 Å². The van der Waals surface area contributed by atoms with Crippen LogP contribution in [0.1, 0.15) is 0 Å². The van der Waals surface area contributed by atoms with Crippen LogP contribution in [0, 0.1) is 5.82 Å². The van der Waals surface area contributed by atoms with Crippen molar-refractivity contribution >= 4 is 17.6 Å². The van der Waals surface area contributed by atoms with Gasteiger partial charge in [-0.15, -0.1) is 0 Å². The minimum Gasteiger partial charge on any atom is -0.339 e. The molecule has 1 aliphatic heterocycles. The largest absolute Gasteiger partial charge is 0.339 e. The summed E-state index contributed by atoms with van der Waals surface area (Å²) in [7, 11) is 0. The van der Waals surface area contributed by atoms with E-state index in [2.05, 4.69) is 16.0 Å². The Morgan fingerprint density at radius 2 is 1.95 bits per heavy atom. The number of amides is 3. The maximum Gasteiger partial charge on any atom is 0.319 e. The van der Waals surface area contributed by atoms with Gasteiger partial charge in [-0.3, -0.25) is 4.79 Å². The SMILES string of the molecule is O=C(NCC(=O)N1CCNCC1)Nc1ccccc1F. The average molecular weight is 280 g/mol. The average Bonchev–Trinajstić information content (AvgIpc) is 2.48. The summed E-state index contributed by atoms with van der Waals surface area (Å²) in [6.45, 7) is 2.69. The predicted molar refractivity (Wildman–Crippen MR) is 72.9 cm³/mol. The van der Waals surface area contributed by atoms with Gasteiger partial charge >= 0.3 is 6.03 Å². The van der Waals surface area contributed by atoms with Gasteiger partial charge in [0, 0.05) is 26.2 Å². The van der Waals surface area contributed by atoms with E-state index in [0.717, 1.165) is 13.1 Å². The monoisotopic (exact) mass is 280 g/mol. The lowest BCUT2D eigenvalue weighted by Crippen LogP contribution is -2.49. The van der Waals surface area contributed by atoms with Gasteiger partial charge in [0.25, 0.3) is 0 Å². The number of halogens is 1. The summed E-state index contributed by atoms with van der Waals surface area (Å²) in [5, 5.41) is 7.93. The van der Waals surface area contributed by atoms with Crippen molar-refractivity contribution in [1.82, 2.24) is 15.5 Å². The number of rotatable bonds is 3. The van der Waals surface area contributed by atoms with Crippen molar-refractivity contribution in [3.8, 4) is 0 Å². The molecular formula is C13H17FN4O2. The maximum atomic E-state index is 13.3. The lowest BCUT2D eigenvalue weighted by atomic mass is 10.3. The molecule has 0 aromatic heterocycles. The third-order valence-corrected chi connectivity index (χ3v) is 2.99. The Labute approximate surface area is 116 Å². The molecule has 6 nitrogen and oxygen atoms in total. The molecule has 1 fully saturated rings. The summed E-state index contributed by atoms with van der Waals surface area (Å²) in [5.41, 5.74) is 0.0830. The molecular weight excluding hydrogens is 263 g/mol. The summed E-state index contributed by atoms with van der Waals surface area (Å²) in [5.74, 6) is -0.661. The van der Waals surface area contributed by atoms with Crippen molar-refractivity contribution in [3.05, 3.63) is 30.1 Å². The molecule has 108 valence electrons. The molecule has 0 saturated carbocycles. The number of benzene rings is 1. The highest BCUT2D eigenvalue weighted by atomic mass is 19.1. The van der Waals surface area contributed by atoms with Crippen molar-refractivity contribution < 1.29 is 14.0 Å². The number of para-hydroxylation sites is 1. The molecule has 20 heavy (non-hydrogen) atoms. The zero-order valence-electron chi connectivity index (χ0n) is 11.0. The highest BCUT2D eigenvalue weighted by molar-refractivity contribution is 5.92. The van der Waals surface area contributed by atoms with Gasteiger partial charge in [0.15, 0.2) is 0 Å². The number of anilines is 1. The Kier molecular flexibility index (Phi) is 4.89. The summed E-state index contributed by atoms with van der Waals surface area (Å²) >= 11 is 0. The number of carbonyl (C=O) groups excluding carboxylic acids is 2. The number of piperazine rings is 1. The van der Waals surface area contributed by atoms with Crippen LogP contribution in [0.25, 0.3) is 0 Å². The Balaban J connectivity index is 1.77. The quantitative estimate of drug-likeness (QED) is 0.749. The molecule has 0 aliphatic carbocycles. The number of hydrogen-bond acceptors (Lipinski definition) is 3. The number of carbonyl (C=O) groups is 2. The van der Waals surface area contributed by atoms with Crippen molar-refractivity contribution in [3.63, 3.8) is 0 Å². The lowest BCUT2D eigenvalue weighted by Gasteiger charge is -2.27. The van der Waals surface area contributed by atoms with Crippen LogP contribution in [-0.4, -0.2) is 49.6 Å². The summed E-state index contributed by atoms with van der Waals surface area (Å²) in [6.07, 6.45) is 0. The molecule has 1 saturated heterocycles. The number of nitrogens with one attached hydrogen (secondary N) is 3. The van der Waals surface area contributed by atoms with Gasteiger partial charge in [0.2, 0.25) is 5.91 Å². The van der Waals surface area contributed by atoms with E-state index in [4.69, 9.17) is 0 Å². The first-order valence-corrected chi connectivity index (χ1v) is 6.44. The zero-order chi connectivity index (χ0) is 14.4. The molecule has 1 aliphatic rings. The lowest BCUT2D eigenvalue weighted by molar-refractivity contribution is -0.130. The van der Waals surface area contributed by atoms with Crippen LogP contribution in [0.2, 0.25) is 0 Å². The first kappa shape index (κ1) is 14.3. The number of nitrogens with zero attached hydrogens (tertiary/aromatic N) is 1. The number of urea groups is 1. The molecule has 2 rings (SSSR count). The molecule has 1 aromatic carbocycles. The van der Waals surface area contributed by atoms with Gasteiger partial charge in [-0.05, 0) is 12.1 Å². The van der Waals surface area contributed by atoms with Gasteiger partial charge in [-0.25, -0.2) is 9.18 Å². The summed E-state index contributed by atoms with van der Waals surface area (Å²) < 4.78 is 13.3. The van der Waals surface area contributed by atoms with Crippen LogP contribution in [0.4, 0.5) is 14.9 Å². The van der Waals surface area contributed by atoms with Crippen LogP contribution in [0.15, 0.2) is 24.3 Å². The maximum absolute atomic E-state index is 13.3. The Hall–Kier alpha value is -2.15. The van der Waals surface area contributed by atoms with Crippen LogP contribution in [0.5, 0.6) is 0 Å². The fourth-order valence-electron chi connectivity index (χ4n) is 1.91. The third kappa shape index (κ3) is 3.92. The van der Waals surface area contributed by atoms with Gasteiger partial charge in [-0.1, -0.05) is 12.1 Å². The second kappa shape index (κ2) is 6.85. The molecule has 0 unspecified atom stereocenters. The van der Waals surface area contributed by atoms with E-state index in [-0.39, 0.29) is 18.1 Å². The molecule has 0 atom stereocenters. The first-order valence-electron chi connectivity index (χ1n) is 6.44. The second-order valence-electron chi connectivity index (χ2n) is 4.42. The van der Waals surface area contributed by atoms with E-state index >= 15 is 0 Å². The van der Waals surface area contributed by atoms with Gasteiger partial charge in [0.05, 0.1) is 12.2 Å². The van der Waals surface area contributed by atoms with E-state index in [1.54, 1.807) is 11.0 Å². The Morgan fingerprint density at radius 3 is 2.65 bits per heavy atom. The van der Waals surface area contributed by atoms with Gasteiger partial charge in [0.1, 0.15) is 5.82 Å². The van der Waals surface area contributed by atoms with Crippen molar-refractivity contribution in [2.24, 2.45) is 0 Å². The van der Waals surface area contributed by atoms with E-state index in [1.807, 2.05) is 0 Å². The van der Waals surface area contributed by atoms with Gasteiger partial charge in [-0.2, -0.15) is 0 Å². The number of hydrogen-bond donors (Lipinski definition) is 3. The molecule has 0 spiro atoms. The van der Waals surface area contributed by atoms with Crippen LogP contribution >= 0.6 is 0 Å². The van der Waals surface area contributed by atoms with Crippen LogP contribution in [0.3, 0.4) is 0 Å². The van der Waals surface area contributed by atoms with Crippen LogP contribution in [-0.2, 0) is 4.79 Å². The topological polar surface area (TPSA) is 73.5 Å². The minimum absolute atomic E-state index is 0.0830.